The van der Waals surface area contributed by atoms with Crippen LogP contribution in [0, 0.1) is 0 Å². The zero-order chi connectivity index (χ0) is 11.1. The highest BCUT2D eigenvalue weighted by molar-refractivity contribution is 5.65. The molecule has 0 saturated carbocycles. The molecule has 6 nitrogen and oxygen atoms in total. The van der Waals surface area contributed by atoms with Gasteiger partial charge in [0.2, 0.25) is 0 Å². The van der Waals surface area contributed by atoms with Crippen molar-refractivity contribution in [3.63, 3.8) is 0 Å². The Morgan fingerprint density at radius 2 is 2.13 bits per heavy atom. The number of anilines is 1. The van der Waals surface area contributed by atoms with Gasteiger partial charge in [-0.25, -0.2) is 0 Å². The van der Waals surface area contributed by atoms with E-state index in [0.717, 1.165) is 0 Å². The molecule has 0 radical (unpaired) electrons. The van der Waals surface area contributed by atoms with Gasteiger partial charge in [0, 0.05) is 0 Å². The number of rotatable bonds is 1. The van der Waals surface area contributed by atoms with E-state index in [-0.39, 0.29) is 17.3 Å². The van der Waals surface area contributed by atoms with E-state index in [1.807, 2.05) is 0 Å². The lowest BCUT2D eigenvalue weighted by Crippen LogP contribution is -2.07. The topological polar surface area (TPSA) is 93.6 Å². The summed E-state index contributed by atoms with van der Waals surface area (Å²) >= 11 is 0. The van der Waals surface area contributed by atoms with Crippen LogP contribution in [0.25, 0.3) is 11.5 Å². The van der Waals surface area contributed by atoms with Crippen LogP contribution in [0.3, 0.4) is 0 Å². The zero-order valence-corrected chi connectivity index (χ0v) is 7.04. The number of alkyl halides is 3. The lowest BCUT2D eigenvalue weighted by molar-refractivity contribution is -0.146. The second-order valence-corrected chi connectivity index (χ2v) is 2.62. The second-order valence-electron chi connectivity index (χ2n) is 2.62. The van der Waals surface area contributed by atoms with Gasteiger partial charge in [-0.3, -0.25) is 5.10 Å². The standard InChI is InChI=1S/C6H4F3N5O/c7-6(8,9)5-12-4(15-14-5)2-1-11-13-3(2)10/h1H,(H3,10,11,13). The lowest BCUT2D eigenvalue weighted by Gasteiger charge is -1.96. The van der Waals surface area contributed by atoms with Crippen LogP contribution in [-0.4, -0.2) is 20.3 Å². The molecule has 0 unspecified atom stereocenters. The van der Waals surface area contributed by atoms with E-state index in [4.69, 9.17) is 5.73 Å². The summed E-state index contributed by atoms with van der Waals surface area (Å²) in [7, 11) is 0. The van der Waals surface area contributed by atoms with E-state index >= 15 is 0 Å². The number of nitrogens with one attached hydrogen (secondary N) is 1. The van der Waals surface area contributed by atoms with Gasteiger partial charge in [-0.2, -0.15) is 23.3 Å². The van der Waals surface area contributed by atoms with Crippen LogP contribution < -0.4 is 5.73 Å². The van der Waals surface area contributed by atoms with Crippen molar-refractivity contribution in [2.75, 3.05) is 5.73 Å². The number of H-pyrrole nitrogens is 1. The normalized spacial score (nSPS) is 11.9. The summed E-state index contributed by atoms with van der Waals surface area (Å²) in [4.78, 5) is 3.14. The molecule has 3 N–H and O–H groups in total. The van der Waals surface area contributed by atoms with Gasteiger partial charge in [-0.1, -0.05) is 5.16 Å². The Balaban J connectivity index is 2.41. The summed E-state index contributed by atoms with van der Waals surface area (Å²) in [6.07, 6.45) is -3.44. The van der Waals surface area contributed by atoms with Crippen LogP contribution in [0.4, 0.5) is 19.0 Å². The Bertz CT molecular complexity index is 473. The van der Waals surface area contributed by atoms with Crippen molar-refractivity contribution in [2.24, 2.45) is 0 Å². The molecule has 0 amide bonds. The van der Waals surface area contributed by atoms with Gasteiger partial charge in [0.25, 0.3) is 11.7 Å². The van der Waals surface area contributed by atoms with Gasteiger partial charge in [0.1, 0.15) is 11.4 Å². The van der Waals surface area contributed by atoms with Crippen LogP contribution in [0.1, 0.15) is 5.82 Å². The molecule has 2 rings (SSSR count). The first-order valence-electron chi connectivity index (χ1n) is 3.68. The number of hydrogen-bond acceptors (Lipinski definition) is 5. The molecule has 80 valence electrons. The molecule has 0 atom stereocenters. The third-order valence-electron chi connectivity index (χ3n) is 1.58. The highest BCUT2D eigenvalue weighted by Crippen LogP contribution is 2.29. The van der Waals surface area contributed by atoms with E-state index in [0.29, 0.717) is 0 Å². The van der Waals surface area contributed by atoms with E-state index in [1.54, 1.807) is 0 Å². The minimum atomic E-state index is -4.64. The largest absolute Gasteiger partial charge is 0.455 e. The summed E-state index contributed by atoms with van der Waals surface area (Å²) in [6, 6.07) is 0. The molecular weight excluding hydrogens is 215 g/mol. The van der Waals surface area contributed by atoms with Crippen LogP contribution in [-0.2, 0) is 6.18 Å². The maximum absolute atomic E-state index is 12.1. The lowest BCUT2D eigenvalue weighted by atomic mass is 10.3. The van der Waals surface area contributed by atoms with E-state index in [2.05, 4.69) is 24.9 Å². The van der Waals surface area contributed by atoms with Gasteiger partial charge in [-0.05, 0) is 0 Å². The minimum absolute atomic E-state index is 0.0624. The molecule has 0 fully saturated rings. The number of nitrogens with zero attached hydrogens (tertiary/aromatic N) is 3. The maximum Gasteiger partial charge on any atom is 0.455 e. The molecule has 0 aliphatic rings. The molecule has 2 heterocycles. The number of aromatic nitrogens is 4. The predicted molar refractivity (Wildman–Crippen MR) is 41.3 cm³/mol. The average Bonchev–Trinajstić information content (AvgIpc) is 2.69. The SMILES string of the molecule is Nc1[nH]ncc1-c1nc(C(F)(F)F)no1. The Morgan fingerprint density at radius 1 is 1.40 bits per heavy atom. The van der Waals surface area contributed by atoms with Crippen molar-refractivity contribution < 1.29 is 17.7 Å². The number of hydrogen-bond donors (Lipinski definition) is 2. The highest BCUT2D eigenvalue weighted by Gasteiger charge is 2.37. The molecule has 0 aromatic carbocycles. The third kappa shape index (κ3) is 1.63. The Labute approximate surface area is 80.3 Å². The first-order valence-corrected chi connectivity index (χ1v) is 3.68. The predicted octanol–water partition coefficient (Wildman–Crippen LogP) is 1.06. The minimum Gasteiger partial charge on any atom is -0.383 e. The molecule has 0 aliphatic heterocycles. The first kappa shape index (κ1) is 9.49. The van der Waals surface area contributed by atoms with Gasteiger partial charge >= 0.3 is 6.18 Å². The van der Waals surface area contributed by atoms with Crippen LogP contribution in [0.2, 0.25) is 0 Å². The Morgan fingerprint density at radius 3 is 2.60 bits per heavy atom. The molecule has 0 saturated heterocycles. The smallest absolute Gasteiger partial charge is 0.383 e. The highest BCUT2D eigenvalue weighted by atomic mass is 19.4. The number of aromatic amines is 1. The number of nitrogens with two attached hydrogens (primary N) is 1. The fourth-order valence-corrected chi connectivity index (χ4v) is 0.915. The van der Waals surface area contributed by atoms with Crippen molar-refractivity contribution in [1.82, 2.24) is 20.3 Å². The maximum atomic E-state index is 12.1. The number of halogens is 3. The number of nitrogen functional groups attached to an aromatic ring is 1. The van der Waals surface area contributed by atoms with E-state index in [9.17, 15) is 13.2 Å². The fraction of sp³-hybridized carbons (Fsp3) is 0.167. The summed E-state index contributed by atoms with van der Waals surface area (Å²) in [5.41, 5.74) is 5.50. The molecule has 0 aliphatic carbocycles. The van der Waals surface area contributed by atoms with Gasteiger partial charge in [0.15, 0.2) is 0 Å². The van der Waals surface area contributed by atoms with Crippen molar-refractivity contribution in [3.05, 3.63) is 12.0 Å². The van der Waals surface area contributed by atoms with E-state index in [1.165, 1.54) is 6.20 Å². The molecule has 0 bridgehead atoms. The quantitative estimate of drug-likeness (QED) is 0.747. The van der Waals surface area contributed by atoms with Gasteiger partial charge < -0.3 is 10.3 Å². The summed E-state index contributed by atoms with van der Waals surface area (Å²) in [6.45, 7) is 0. The van der Waals surface area contributed by atoms with Crippen LogP contribution in [0.15, 0.2) is 10.7 Å². The van der Waals surface area contributed by atoms with Crippen LogP contribution >= 0.6 is 0 Å². The van der Waals surface area contributed by atoms with Crippen molar-refractivity contribution in [3.8, 4) is 11.5 Å². The molecule has 2 aromatic heterocycles. The molecular formula is C6H4F3N5O. The third-order valence-corrected chi connectivity index (χ3v) is 1.58. The van der Waals surface area contributed by atoms with Crippen molar-refractivity contribution in [2.45, 2.75) is 6.18 Å². The fourth-order valence-electron chi connectivity index (χ4n) is 0.915. The molecule has 2 aromatic rings. The van der Waals surface area contributed by atoms with E-state index < -0.39 is 12.0 Å². The van der Waals surface area contributed by atoms with Crippen LogP contribution in [0.5, 0.6) is 0 Å². The summed E-state index contributed by atoms with van der Waals surface area (Å²) in [5.74, 6) is -1.61. The zero-order valence-electron chi connectivity index (χ0n) is 7.04. The van der Waals surface area contributed by atoms with Gasteiger partial charge in [0.05, 0.1) is 6.20 Å². The Hall–Kier alpha value is -2.06. The first-order chi connectivity index (χ1) is 6.98. The van der Waals surface area contributed by atoms with Crippen molar-refractivity contribution >= 4 is 5.82 Å². The second kappa shape index (κ2) is 2.97. The average molecular weight is 219 g/mol. The molecule has 15 heavy (non-hydrogen) atoms. The molecule has 0 spiro atoms. The monoisotopic (exact) mass is 219 g/mol. The summed E-state index contributed by atoms with van der Waals surface area (Å²) in [5, 5.41) is 8.62. The molecule has 9 heteroatoms. The summed E-state index contributed by atoms with van der Waals surface area (Å²) < 4.78 is 40.7. The van der Waals surface area contributed by atoms with Gasteiger partial charge in [-0.15, -0.1) is 0 Å². The van der Waals surface area contributed by atoms with Crippen molar-refractivity contribution in [1.29, 1.82) is 0 Å². The Kier molecular flexibility index (Phi) is 1.88.